The van der Waals surface area contributed by atoms with E-state index in [1.165, 1.54) is 0 Å². The minimum absolute atomic E-state index is 0. The van der Waals surface area contributed by atoms with Gasteiger partial charge in [-0.2, -0.15) is 0 Å². The number of carbonyl (C=O) groups excluding carboxylic acids is 2. The van der Waals surface area contributed by atoms with Gasteiger partial charge < -0.3 is 16.4 Å². The second kappa shape index (κ2) is 8.31. The predicted molar refractivity (Wildman–Crippen MR) is 71.0 cm³/mol. The van der Waals surface area contributed by atoms with Crippen LogP contribution in [0.5, 0.6) is 0 Å². The number of hydrogen-bond acceptors (Lipinski definition) is 3. The summed E-state index contributed by atoms with van der Waals surface area (Å²) in [6.07, 6.45) is 0.876. The van der Waals surface area contributed by atoms with E-state index in [2.05, 4.69) is 10.6 Å². The van der Waals surface area contributed by atoms with Crippen LogP contribution in [0.15, 0.2) is 0 Å². The van der Waals surface area contributed by atoms with E-state index in [0.29, 0.717) is 6.54 Å². The number of nitrogens with two attached hydrogens (primary N) is 1. The molecule has 0 saturated heterocycles. The topological polar surface area (TPSA) is 84.2 Å². The Labute approximate surface area is 109 Å². The van der Waals surface area contributed by atoms with E-state index < -0.39 is 6.04 Å². The first-order valence-corrected chi connectivity index (χ1v) is 5.59. The molecule has 102 valence electrons. The molecule has 0 aromatic rings. The second-order valence-corrected chi connectivity index (χ2v) is 4.91. The molecular weight excluding hydrogens is 242 g/mol. The smallest absolute Gasteiger partial charge is 0.239 e. The fourth-order valence-corrected chi connectivity index (χ4v) is 0.998. The van der Waals surface area contributed by atoms with Gasteiger partial charge in [0, 0.05) is 6.54 Å². The quantitative estimate of drug-likeness (QED) is 0.674. The van der Waals surface area contributed by atoms with Crippen molar-refractivity contribution in [1.29, 1.82) is 0 Å². The van der Waals surface area contributed by atoms with Crippen LogP contribution in [0, 0.1) is 5.41 Å². The highest BCUT2D eigenvalue weighted by Crippen LogP contribution is 2.16. The second-order valence-electron chi connectivity index (χ2n) is 4.91. The zero-order valence-electron chi connectivity index (χ0n) is 11.0. The van der Waals surface area contributed by atoms with Crippen molar-refractivity contribution in [3.8, 4) is 0 Å². The minimum Gasteiger partial charge on any atom is -0.355 e. The summed E-state index contributed by atoms with van der Waals surface area (Å²) in [5, 5.41) is 5.19. The van der Waals surface area contributed by atoms with Crippen molar-refractivity contribution in [3.63, 3.8) is 0 Å². The molecule has 6 heteroatoms. The number of rotatable bonds is 5. The Morgan fingerprint density at radius 3 is 2.18 bits per heavy atom. The van der Waals surface area contributed by atoms with Crippen molar-refractivity contribution >= 4 is 24.2 Å². The van der Waals surface area contributed by atoms with Gasteiger partial charge in [-0.25, -0.2) is 0 Å². The SMILES string of the molecule is CCCNC(=O)CNC(=O)[C@@H](N)C(C)(C)C.Cl. The van der Waals surface area contributed by atoms with Crippen LogP contribution in [0.25, 0.3) is 0 Å². The van der Waals surface area contributed by atoms with Crippen LogP contribution in [-0.4, -0.2) is 30.9 Å². The van der Waals surface area contributed by atoms with Crippen LogP contribution in [0.1, 0.15) is 34.1 Å². The first-order valence-electron chi connectivity index (χ1n) is 5.59. The van der Waals surface area contributed by atoms with Crippen molar-refractivity contribution in [3.05, 3.63) is 0 Å². The molecule has 0 aliphatic carbocycles. The number of halogens is 1. The zero-order valence-corrected chi connectivity index (χ0v) is 11.8. The third-order valence-electron chi connectivity index (χ3n) is 2.21. The normalized spacial score (nSPS) is 12.3. The first kappa shape index (κ1) is 18.6. The molecule has 0 unspecified atom stereocenters. The number of hydrogen-bond donors (Lipinski definition) is 3. The van der Waals surface area contributed by atoms with Gasteiger partial charge in [-0.3, -0.25) is 9.59 Å². The molecule has 0 spiro atoms. The van der Waals surface area contributed by atoms with Crippen molar-refractivity contribution < 1.29 is 9.59 Å². The van der Waals surface area contributed by atoms with Crippen LogP contribution >= 0.6 is 12.4 Å². The molecule has 0 heterocycles. The van der Waals surface area contributed by atoms with E-state index in [1.54, 1.807) is 0 Å². The Bertz CT molecular complexity index is 252. The summed E-state index contributed by atoms with van der Waals surface area (Å²) in [4.78, 5) is 22.8. The largest absolute Gasteiger partial charge is 0.355 e. The maximum absolute atomic E-state index is 11.6. The Kier molecular flexibility index (Phi) is 9.06. The average molecular weight is 266 g/mol. The molecule has 0 aromatic heterocycles. The standard InChI is InChI=1S/C11H23N3O2.ClH/c1-5-6-13-8(15)7-14-10(16)9(12)11(2,3)4;/h9H,5-7,12H2,1-4H3,(H,13,15)(H,14,16);1H/t9-;/m1./s1. The van der Waals surface area contributed by atoms with Gasteiger partial charge in [0.25, 0.3) is 0 Å². The molecule has 17 heavy (non-hydrogen) atoms. The van der Waals surface area contributed by atoms with E-state index >= 15 is 0 Å². The number of nitrogens with one attached hydrogen (secondary N) is 2. The van der Waals surface area contributed by atoms with Gasteiger partial charge in [-0.1, -0.05) is 27.7 Å². The maximum atomic E-state index is 11.6. The van der Waals surface area contributed by atoms with Crippen molar-refractivity contribution in [2.75, 3.05) is 13.1 Å². The lowest BCUT2D eigenvalue weighted by molar-refractivity contribution is -0.128. The Balaban J connectivity index is 0. The zero-order chi connectivity index (χ0) is 12.8. The molecule has 0 aromatic carbocycles. The molecule has 0 bridgehead atoms. The molecule has 4 N–H and O–H groups in total. The molecule has 1 atom stereocenters. The van der Waals surface area contributed by atoms with E-state index in [1.807, 2.05) is 27.7 Å². The third-order valence-corrected chi connectivity index (χ3v) is 2.21. The average Bonchev–Trinajstić information content (AvgIpc) is 2.20. The molecule has 0 fully saturated rings. The fraction of sp³-hybridized carbons (Fsp3) is 0.818. The Morgan fingerprint density at radius 1 is 1.24 bits per heavy atom. The molecule has 0 rings (SSSR count). The highest BCUT2D eigenvalue weighted by molar-refractivity contribution is 5.87. The molecule has 5 nitrogen and oxygen atoms in total. The van der Waals surface area contributed by atoms with Crippen LogP contribution in [0.3, 0.4) is 0 Å². The van der Waals surface area contributed by atoms with Crippen LogP contribution in [0.2, 0.25) is 0 Å². The van der Waals surface area contributed by atoms with Gasteiger partial charge in [-0.05, 0) is 11.8 Å². The van der Waals surface area contributed by atoms with E-state index in [9.17, 15) is 9.59 Å². The van der Waals surface area contributed by atoms with Gasteiger partial charge in [0.1, 0.15) is 0 Å². The van der Waals surface area contributed by atoms with Gasteiger partial charge in [0.05, 0.1) is 12.6 Å². The lowest BCUT2D eigenvalue weighted by Gasteiger charge is -2.25. The highest BCUT2D eigenvalue weighted by atomic mass is 35.5. The highest BCUT2D eigenvalue weighted by Gasteiger charge is 2.27. The van der Waals surface area contributed by atoms with Crippen LogP contribution in [-0.2, 0) is 9.59 Å². The van der Waals surface area contributed by atoms with Gasteiger partial charge in [0.15, 0.2) is 0 Å². The third kappa shape index (κ3) is 7.99. The van der Waals surface area contributed by atoms with Gasteiger partial charge in [-0.15, -0.1) is 12.4 Å². The number of amides is 2. The molecule has 0 aliphatic heterocycles. The summed E-state index contributed by atoms with van der Waals surface area (Å²) in [6.45, 7) is 8.23. The molecule has 0 aliphatic rings. The van der Waals surface area contributed by atoms with Gasteiger partial charge >= 0.3 is 0 Å². The monoisotopic (exact) mass is 265 g/mol. The summed E-state index contributed by atoms with van der Waals surface area (Å²) in [7, 11) is 0. The lowest BCUT2D eigenvalue weighted by atomic mass is 9.87. The molecular formula is C11H24ClN3O2. The first-order chi connectivity index (χ1) is 7.29. The predicted octanol–water partition coefficient (Wildman–Crippen LogP) is 0.424. The molecule has 2 amide bonds. The summed E-state index contributed by atoms with van der Waals surface area (Å²) in [6, 6.07) is -0.605. The summed E-state index contributed by atoms with van der Waals surface area (Å²) < 4.78 is 0. The summed E-state index contributed by atoms with van der Waals surface area (Å²) in [5.74, 6) is -0.476. The van der Waals surface area contributed by atoms with Crippen molar-refractivity contribution in [1.82, 2.24) is 10.6 Å². The summed E-state index contributed by atoms with van der Waals surface area (Å²) >= 11 is 0. The minimum atomic E-state index is -0.605. The Morgan fingerprint density at radius 2 is 1.76 bits per heavy atom. The number of carbonyl (C=O) groups is 2. The lowest BCUT2D eigenvalue weighted by Crippen LogP contribution is -2.50. The molecule has 0 saturated carbocycles. The van der Waals surface area contributed by atoms with Crippen molar-refractivity contribution in [2.24, 2.45) is 11.1 Å². The van der Waals surface area contributed by atoms with E-state index in [-0.39, 0.29) is 36.2 Å². The fourth-order valence-electron chi connectivity index (χ4n) is 0.998. The van der Waals surface area contributed by atoms with Gasteiger partial charge in [0.2, 0.25) is 11.8 Å². The van der Waals surface area contributed by atoms with Crippen LogP contribution in [0.4, 0.5) is 0 Å². The summed E-state index contributed by atoms with van der Waals surface area (Å²) in [5.41, 5.74) is 5.44. The van der Waals surface area contributed by atoms with E-state index in [4.69, 9.17) is 5.73 Å². The van der Waals surface area contributed by atoms with E-state index in [0.717, 1.165) is 6.42 Å². The molecule has 0 radical (unpaired) electrons. The van der Waals surface area contributed by atoms with Crippen LogP contribution < -0.4 is 16.4 Å². The maximum Gasteiger partial charge on any atom is 0.239 e. The van der Waals surface area contributed by atoms with Crippen molar-refractivity contribution in [2.45, 2.75) is 40.2 Å². The Hall–Kier alpha value is -0.810.